The van der Waals surface area contributed by atoms with E-state index in [9.17, 15) is 4.39 Å². The minimum atomic E-state index is -0.229. The van der Waals surface area contributed by atoms with Crippen LogP contribution in [-0.4, -0.2) is 16.3 Å². The Hall–Kier alpha value is -1.20. The summed E-state index contributed by atoms with van der Waals surface area (Å²) in [6.07, 6.45) is 2.81. The molecule has 0 aliphatic rings. The number of nitrogens with one attached hydrogen (secondary N) is 1. The van der Waals surface area contributed by atoms with Crippen LogP contribution in [0.5, 0.6) is 0 Å². The normalized spacial score (nSPS) is 12.6. The van der Waals surface area contributed by atoms with Gasteiger partial charge in [-0.25, -0.2) is 4.39 Å². The lowest BCUT2D eigenvalue weighted by atomic mass is 10.0. The van der Waals surface area contributed by atoms with Gasteiger partial charge in [0.05, 0.1) is 11.7 Å². The highest BCUT2D eigenvalue weighted by atomic mass is 79.9. The summed E-state index contributed by atoms with van der Waals surface area (Å²) in [6.45, 7) is 5.81. The van der Waals surface area contributed by atoms with Gasteiger partial charge in [-0.2, -0.15) is 5.10 Å². The summed E-state index contributed by atoms with van der Waals surface area (Å²) in [7, 11) is 0. The van der Waals surface area contributed by atoms with E-state index in [-0.39, 0.29) is 11.9 Å². The van der Waals surface area contributed by atoms with Crippen LogP contribution in [0.25, 0.3) is 0 Å². The second-order valence-electron chi connectivity index (χ2n) is 4.64. The van der Waals surface area contributed by atoms with E-state index in [1.165, 1.54) is 6.07 Å². The zero-order valence-corrected chi connectivity index (χ0v) is 13.3. The topological polar surface area (TPSA) is 29.9 Å². The lowest BCUT2D eigenvalue weighted by Crippen LogP contribution is -2.25. The Bertz CT molecular complexity index is 568. The van der Waals surface area contributed by atoms with E-state index in [4.69, 9.17) is 0 Å². The predicted molar refractivity (Wildman–Crippen MR) is 82.1 cm³/mol. The van der Waals surface area contributed by atoms with Gasteiger partial charge >= 0.3 is 0 Å². The van der Waals surface area contributed by atoms with Gasteiger partial charge in [0.2, 0.25) is 0 Å². The lowest BCUT2D eigenvalue weighted by Gasteiger charge is -2.21. The molecule has 1 atom stereocenters. The minimum Gasteiger partial charge on any atom is -0.305 e. The average molecular weight is 340 g/mol. The number of nitrogens with zero attached hydrogens (tertiary/aromatic N) is 2. The number of hydrogen-bond acceptors (Lipinski definition) is 2. The standard InChI is InChI=1S/C15H19BrFN3/c1-3-9-20-14(7-8-19-20)15(18-4-2)12-10-11(17)5-6-13(12)16/h5-8,10,15,18H,3-4,9H2,1-2H3. The van der Waals surface area contributed by atoms with E-state index in [0.29, 0.717) is 0 Å². The Morgan fingerprint density at radius 3 is 2.85 bits per heavy atom. The second kappa shape index (κ2) is 6.99. The maximum atomic E-state index is 13.6. The fraction of sp³-hybridized carbons (Fsp3) is 0.400. The summed E-state index contributed by atoms with van der Waals surface area (Å²) in [5.74, 6) is -0.229. The van der Waals surface area contributed by atoms with E-state index in [1.54, 1.807) is 18.3 Å². The molecule has 3 nitrogen and oxygen atoms in total. The number of aryl methyl sites for hydroxylation is 1. The van der Waals surface area contributed by atoms with E-state index in [1.807, 2.05) is 17.7 Å². The molecule has 1 N–H and O–H groups in total. The summed E-state index contributed by atoms with van der Waals surface area (Å²) in [4.78, 5) is 0. The van der Waals surface area contributed by atoms with Crippen LogP contribution < -0.4 is 5.32 Å². The van der Waals surface area contributed by atoms with Crippen molar-refractivity contribution in [3.05, 3.63) is 52.0 Å². The van der Waals surface area contributed by atoms with Gasteiger partial charge in [0.1, 0.15) is 5.82 Å². The van der Waals surface area contributed by atoms with Gasteiger partial charge in [-0.1, -0.05) is 29.8 Å². The van der Waals surface area contributed by atoms with Crippen molar-refractivity contribution >= 4 is 15.9 Å². The molecule has 0 spiro atoms. The molecule has 1 aromatic heterocycles. The molecule has 5 heteroatoms. The highest BCUT2D eigenvalue weighted by Gasteiger charge is 2.20. The Balaban J connectivity index is 2.44. The predicted octanol–water partition coefficient (Wildman–Crippen LogP) is 3.89. The number of rotatable bonds is 6. The molecule has 0 radical (unpaired) electrons. The van der Waals surface area contributed by atoms with Crippen LogP contribution in [0.1, 0.15) is 37.6 Å². The molecule has 0 fully saturated rings. The highest BCUT2D eigenvalue weighted by Crippen LogP contribution is 2.29. The Kier molecular flexibility index (Phi) is 5.31. The summed E-state index contributed by atoms with van der Waals surface area (Å²) in [6, 6.07) is 6.69. The third kappa shape index (κ3) is 3.27. The first kappa shape index (κ1) is 15.2. The van der Waals surface area contributed by atoms with Crippen LogP contribution in [0.15, 0.2) is 34.9 Å². The van der Waals surface area contributed by atoms with Crippen LogP contribution >= 0.6 is 15.9 Å². The molecule has 1 unspecified atom stereocenters. The second-order valence-corrected chi connectivity index (χ2v) is 5.49. The van der Waals surface area contributed by atoms with Crippen LogP contribution in [0.4, 0.5) is 4.39 Å². The molecule has 2 rings (SSSR count). The fourth-order valence-corrected chi connectivity index (χ4v) is 2.78. The lowest BCUT2D eigenvalue weighted by molar-refractivity contribution is 0.517. The Labute approximate surface area is 127 Å². The molecular formula is C15H19BrFN3. The van der Waals surface area contributed by atoms with Crippen molar-refractivity contribution in [1.82, 2.24) is 15.1 Å². The van der Waals surface area contributed by atoms with Gasteiger partial charge in [0.15, 0.2) is 0 Å². The average Bonchev–Trinajstić information content (AvgIpc) is 2.88. The Morgan fingerprint density at radius 1 is 1.35 bits per heavy atom. The third-order valence-corrected chi connectivity index (χ3v) is 3.88. The largest absolute Gasteiger partial charge is 0.305 e. The van der Waals surface area contributed by atoms with Crippen LogP contribution in [0.2, 0.25) is 0 Å². The smallest absolute Gasteiger partial charge is 0.123 e. The first-order chi connectivity index (χ1) is 9.67. The maximum absolute atomic E-state index is 13.6. The van der Waals surface area contributed by atoms with Crippen LogP contribution in [0.3, 0.4) is 0 Å². The van der Waals surface area contributed by atoms with E-state index in [0.717, 1.165) is 35.2 Å². The number of benzene rings is 1. The molecular weight excluding hydrogens is 321 g/mol. The first-order valence-electron chi connectivity index (χ1n) is 6.87. The number of halogens is 2. The van der Waals surface area contributed by atoms with Crippen molar-refractivity contribution < 1.29 is 4.39 Å². The zero-order chi connectivity index (χ0) is 14.5. The quantitative estimate of drug-likeness (QED) is 0.865. The molecule has 2 aromatic rings. The van der Waals surface area contributed by atoms with Crippen molar-refractivity contribution in [2.75, 3.05) is 6.54 Å². The van der Waals surface area contributed by atoms with Gasteiger partial charge in [0.25, 0.3) is 0 Å². The monoisotopic (exact) mass is 339 g/mol. The van der Waals surface area contributed by atoms with Gasteiger partial charge in [-0.15, -0.1) is 0 Å². The molecule has 0 amide bonds. The van der Waals surface area contributed by atoms with Crippen molar-refractivity contribution in [3.8, 4) is 0 Å². The SMILES string of the molecule is CCCn1nccc1C(NCC)c1cc(F)ccc1Br. The summed E-state index contributed by atoms with van der Waals surface area (Å²) < 4.78 is 16.4. The summed E-state index contributed by atoms with van der Waals surface area (Å²) in [5.41, 5.74) is 1.95. The van der Waals surface area contributed by atoms with Gasteiger partial charge < -0.3 is 5.32 Å². The molecule has 108 valence electrons. The molecule has 1 heterocycles. The zero-order valence-electron chi connectivity index (χ0n) is 11.7. The molecule has 0 saturated heterocycles. The van der Waals surface area contributed by atoms with Gasteiger partial charge in [-0.05, 0) is 42.8 Å². The van der Waals surface area contributed by atoms with Crippen LogP contribution in [-0.2, 0) is 6.54 Å². The van der Waals surface area contributed by atoms with Gasteiger partial charge in [0, 0.05) is 17.2 Å². The molecule has 0 bridgehead atoms. The van der Waals surface area contributed by atoms with Crippen LogP contribution in [0, 0.1) is 5.82 Å². The molecule has 0 saturated carbocycles. The van der Waals surface area contributed by atoms with Crippen molar-refractivity contribution in [1.29, 1.82) is 0 Å². The highest BCUT2D eigenvalue weighted by molar-refractivity contribution is 9.10. The van der Waals surface area contributed by atoms with Crippen molar-refractivity contribution in [2.24, 2.45) is 0 Å². The van der Waals surface area contributed by atoms with Gasteiger partial charge in [-0.3, -0.25) is 4.68 Å². The Morgan fingerprint density at radius 2 is 2.15 bits per heavy atom. The summed E-state index contributed by atoms with van der Waals surface area (Å²) >= 11 is 3.51. The third-order valence-electron chi connectivity index (χ3n) is 3.16. The molecule has 1 aromatic carbocycles. The van der Waals surface area contributed by atoms with E-state index < -0.39 is 0 Å². The van der Waals surface area contributed by atoms with Crippen molar-refractivity contribution in [3.63, 3.8) is 0 Å². The fourth-order valence-electron chi connectivity index (χ4n) is 2.30. The van der Waals surface area contributed by atoms with Crippen molar-refractivity contribution in [2.45, 2.75) is 32.9 Å². The molecule has 0 aliphatic heterocycles. The number of hydrogen-bond donors (Lipinski definition) is 1. The minimum absolute atomic E-state index is 0.0703. The molecule has 20 heavy (non-hydrogen) atoms. The maximum Gasteiger partial charge on any atom is 0.123 e. The first-order valence-corrected chi connectivity index (χ1v) is 7.66. The van der Waals surface area contributed by atoms with E-state index in [2.05, 4.69) is 33.3 Å². The van der Waals surface area contributed by atoms with E-state index >= 15 is 0 Å². The summed E-state index contributed by atoms with van der Waals surface area (Å²) in [5, 5.41) is 7.76. The molecule has 0 aliphatic carbocycles. The number of aromatic nitrogens is 2.